The third-order valence-corrected chi connectivity index (χ3v) is 4.42. The van der Waals surface area contributed by atoms with Gasteiger partial charge >= 0.3 is 21.6 Å². The number of carbonyl (C=O) groups excluding carboxylic acids is 1. The molecular formula is C14H14F4O7S. The summed E-state index contributed by atoms with van der Waals surface area (Å²) < 4.78 is 91.3. The Labute approximate surface area is 145 Å². The Bertz CT molecular complexity index is 723. The highest BCUT2D eigenvalue weighted by atomic mass is 32.2. The van der Waals surface area contributed by atoms with Crippen molar-refractivity contribution < 1.29 is 49.2 Å². The van der Waals surface area contributed by atoms with Gasteiger partial charge in [0.1, 0.15) is 6.10 Å². The molecule has 1 aromatic rings. The summed E-state index contributed by atoms with van der Waals surface area (Å²) in [6, 6.07) is 7.54. The molecule has 1 heterocycles. The first kappa shape index (κ1) is 20.6. The summed E-state index contributed by atoms with van der Waals surface area (Å²) in [7, 11) is -4.82. The fraction of sp³-hybridized carbons (Fsp3) is 0.500. The summed E-state index contributed by atoms with van der Waals surface area (Å²) in [5.74, 6) is -0.909. The summed E-state index contributed by atoms with van der Waals surface area (Å²) in [6.45, 7) is -1.26. The van der Waals surface area contributed by atoms with Gasteiger partial charge in [0, 0.05) is 7.11 Å². The van der Waals surface area contributed by atoms with Crippen molar-refractivity contribution in [2.75, 3.05) is 13.7 Å². The van der Waals surface area contributed by atoms with Crippen LogP contribution in [0.15, 0.2) is 30.3 Å². The van der Waals surface area contributed by atoms with Crippen LogP contribution in [0.2, 0.25) is 0 Å². The van der Waals surface area contributed by atoms with Gasteiger partial charge in [-0.2, -0.15) is 21.6 Å². The molecule has 26 heavy (non-hydrogen) atoms. The number of rotatable bonds is 6. The topological polar surface area (TPSA) is 88.1 Å². The predicted molar refractivity (Wildman–Crippen MR) is 77.1 cm³/mol. The molecule has 0 spiro atoms. The number of alkyl halides is 4. The number of benzene rings is 1. The van der Waals surface area contributed by atoms with Gasteiger partial charge in [-0.05, 0) is 12.1 Å². The maximum absolute atomic E-state index is 14.4. The normalized spacial score (nSPS) is 26.7. The van der Waals surface area contributed by atoms with E-state index in [9.17, 15) is 30.8 Å². The highest BCUT2D eigenvalue weighted by Crippen LogP contribution is 2.30. The van der Waals surface area contributed by atoms with Crippen molar-refractivity contribution in [2.24, 2.45) is 0 Å². The molecule has 4 atom stereocenters. The van der Waals surface area contributed by atoms with E-state index in [2.05, 4.69) is 4.18 Å². The molecule has 1 aromatic carbocycles. The third kappa shape index (κ3) is 4.50. The van der Waals surface area contributed by atoms with Crippen LogP contribution in [0.4, 0.5) is 17.6 Å². The fourth-order valence-corrected chi connectivity index (χ4v) is 2.56. The zero-order valence-electron chi connectivity index (χ0n) is 13.2. The molecular weight excluding hydrogens is 388 g/mol. The number of halogens is 4. The van der Waals surface area contributed by atoms with E-state index in [0.29, 0.717) is 0 Å². The second-order valence-electron chi connectivity index (χ2n) is 5.14. The first-order chi connectivity index (χ1) is 12.1. The van der Waals surface area contributed by atoms with E-state index in [1.165, 1.54) is 12.1 Å². The van der Waals surface area contributed by atoms with Crippen LogP contribution in [0, 0.1) is 0 Å². The average Bonchev–Trinajstić information content (AvgIpc) is 2.88. The van der Waals surface area contributed by atoms with E-state index >= 15 is 0 Å². The molecule has 12 heteroatoms. The Morgan fingerprint density at radius 2 is 1.85 bits per heavy atom. The van der Waals surface area contributed by atoms with E-state index < -0.39 is 52.9 Å². The molecule has 0 aliphatic carbocycles. The molecule has 0 amide bonds. The highest BCUT2D eigenvalue weighted by Gasteiger charge is 2.52. The van der Waals surface area contributed by atoms with Gasteiger partial charge in [-0.1, -0.05) is 18.2 Å². The Morgan fingerprint density at radius 1 is 1.23 bits per heavy atom. The van der Waals surface area contributed by atoms with Crippen LogP contribution >= 0.6 is 0 Å². The monoisotopic (exact) mass is 402 g/mol. The van der Waals surface area contributed by atoms with Gasteiger partial charge < -0.3 is 14.2 Å². The molecule has 7 nitrogen and oxygen atoms in total. The molecule has 2 rings (SSSR count). The minimum Gasteiger partial charge on any atom is -0.450 e. The van der Waals surface area contributed by atoms with Crippen LogP contribution in [-0.4, -0.2) is 58.3 Å². The summed E-state index contributed by atoms with van der Waals surface area (Å²) in [5, 5.41) is 0. The van der Waals surface area contributed by atoms with Crippen LogP contribution in [0.5, 0.6) is 0 Å². The minimum absolute atomic E-state index is 0.105. The Hall–Kier alpha value is -1.76. The number of hydrogen-bond donors (Lipinski definition) is 0. The van der Waals surface area contributed by atoms with Crippen LogP contribution in [0.1, 0.15) is 10.4 Å². The van der Waals surface area contributed by atoms with Gasteiger partial charge in [0.15, 0.2) is 18.6 Å². The van der Waals surface area contributed by atoms with Crippen LogP contribution in [-0.2, 0) is 28.5 Å². The lowest BCUT2D eigenvalue weighted by molar-refractivity contribution is -0.154. The first-order valence-electron chi connectivity index (χ1n) is 7.11. The van der Waals surface area contributed by atoms with Crippen molar-refractivity contribution in [3.8, 4) is 0 Å². The number of esters is 1. The lowest BCUT2D eigenvalue weighted by Gasteiger charge is -2.18. The smallest absolute Gasteiger partial charge is 0.450 e. The summed E-state index contributed by atoms with van der Waals surface area (Å²) in [4.78, 5) is 12.0. The summed E-state index contributed by atoms with van der Waals surface area (Å²) in [5.41, 5.74) is -5.55. The second-order valence-corrected chi connectivity index (χ2v) is 6.75. The van der Waals surface area contributed by atoms with Crippen molar-refractivity contribution in [3.63, 3.8) is 0 Å². The third-order valence-electron chi connectivity index (χ3n) is 3.40. The van der Waals surface area contributed by atoms with E-state index in [1.807, 2.05) is 0 Å². The van der Waals surface area contributed by atoms with Gasteiger partial charge in [0.25, 0.3) is 0 Å². The van der Waals surface area contributed by atoms with E-state index in [0.717, 1.165) is 7.11 Å². The molecule has 1 aliphatic rings. The van der Waals surface area contributed by atoms with E-state index in [-0.39, 0.29) is 5.56 Å². The Morgan fingerprint density at radius 3 is 2.38 bits per heavy atom. The summed E-state index contributed by atoms with van der Waals surface area (Å²) >= 11 is 0. The van der Waals surface area contributed by atoms with E-state index in [1.54, 1.807) is 18.2 Å². The first-order valence-corrected chi connectivity index (χ1v) is 8.51. The lowest BCUT2D eigenvalue weighted by atomic mass is 10.1. The molecule has 1 aliphatic heterocycles. The largest absolute Gasteiger partial charge is 0.523 e. The van der Waals surface area contributed by atoms with Gasteiger partial charge in [0.05, 0.1) is 12.2 Å². The lowest BCUT2D eigenvalue weighted by Crippen LogP contribution is -2.37. The molecule has 0 radical (unpaired) electrons. The van der Waals surface area contributed by atoms with Gasteiger partial charge in [-0.15, -0.1) is 0 Å². The molecule has 1 fully saturated rings. The quantitative estimate of drug-likeness (QED) is 0.310. The summed E-state index contributed by atoms with van der Waals surface area (Å²) in [6.07, 6.45) is -6.98. The molecule has 0 bridgehead atoms. The fourth-order valence-electron chi connectivity index (χ4n) is 2.12. The van der Waals surface area contributed by atoms with Crippen LogP contribution < -0.4 is 0 Å². The molecule has 0 unspecified atom stereocenters. The second kappa shape index (κ2) is 7.86. The van der Waals surface area contributed by atoms with Crippen LogP contribution in [0.3, 0.4) is 0 Å². The van der Waals surface area contributed by atoms with Gasteiger partial charge in [0.2, 0.25) is 0 Å². The van der Waals surface area contributed by atoms with Crippen molar-refractivity contribution in [3.05, 3.63) is 35.9 Å². The Balaban J connectivity index is 2.04. The van der Waals surface area contributed by atoms with Crippen molar-refractivity contribution in [1.29, 1.82) is 0 Å². The SMILES string of the molecule is CO[C@H]1O[C@H](COS(=O)(=O)C(F)(F)F)[C@H](F)[C@H]1OC(=O)c1ccccc1. The maximum atomic E-state index is 14.4. The number of carbonyl (C=O) groups is 1. The number of methoxy groups -OCH3 is 1. The van der Waals surface area contributed by atoms with Crippen molar-refractivity contribution >= 4 is 16.1 Å². The molecule has 146 valence electrons. The zero-order chi connectivity index (χ0) is 19.5. The standard InChI is InChI=1S/C14H14F4O7S/c1-22-13-11(25-12(19)8-5-3-2-4-6-8)10(15)9(24-13)7-23-26(20,21)14(16,17)18/h2-6,9-11,13H,7H2,1H3/t9-,10+,11-,13+/m1/s1. The molecule has 0 N–H and O–H groups in total. The predicted octanol–water partition coefficient (Wildman–Crippen LogP) is 1.79. The molecule has 0 aromatic heterocycles. The zero-order valence-corrected chi connectivity index (χ0v) is 14.0. The van der Waals surface area contributed by atoms with E-state index in [4.69, 9.17) is 14.2 Å². The van der Waals surface area contributed by atoms with Crippen molar-refractivity contribution in [2.45, 2.75) is 30.2 Å². The van der Waals surface area contributed by atoms with Crippen LogP contribution in [0.25, 0.3) is 0 Å². The molecule has 1 saturated heterocycles. The van der Waals surface area contributed by atoms with Gasteiger partial charge in [-0.3, -0.25) is 4.18 Å². The number of hydrogen-bond acceptors (Lipinski definition) is 7. The van der Waals surface area contributed by atoms with Crippen molar-refractivity contribution in [1.82, 2.24) is 0 Å². The Kier molecular flexibility index (Phi) is 6.21. The average molecular weight is 402 g/mol. The molecule has 0 saturated carbocycles. The highest BCUT2D eigenvalue weighted by molar-refractivity contribution is 7.87. The van der Waals surface area contributed by atoms with Gasteiger partial charge in [-0.25, -0.2) is 9.18 Å². The minimum atomic E-state index is -5.91. The maximum Gasteiger partial charge on any atom is 0.523 e. The number of ether oxygens (including phenoxy) is 3.